The second kappa shape index (κ2) is 4.20. The summed E-state index contributed by atoms with van der Waals surface area (Å²) >= 11 is 0. The first-order valence-electron chi connectivity index (χ1n) is 5.80. The van der Waals surface area contributed by atoms with Gasteiger partial charge in [-0.15, -0.1) is 0 Å². The smallest absolute Gasteiger partial charge is 0.274 e. The van der Waals surface area contributed by atoms with Gasteiger partial charge in [-0.1, -0.05) is 6.07 Å². The van der Waals surface area contributed by atoms with Crippen LogP contribution >= 0.6 is 0 Å². The molecule has 0 atom stereocenters. The Balaban J connectivity index is 2.22. The molecular weight excluding hydrogens is 242 g/mol. The SMILES string of the molecule is Cn1ncc2cc(-c3ccc(=O)[nH]c3)ccc2c1=O. The molecule has 3 rings (SSSR count). The van der Waals surface area contributed by atoms with E-state index < -0.39 is 0 Å². The Labute approximate surface area is 108 Å². The fourth-order valence-corrected chi connectivity index (χ4v) is 2.01. The molecule has 5 heteroatoms. The third-order valence-corrected chi connectivity index (χ3v) is 3.06. The Kier molecular flexibility index (Phi) is 2.52. The lowest BCUT2D eigenvalue weighted by Crippen LogP contribution is -2.18. The van der Waals surface area contributed by atoms with Crippen molar-refractivity contribution in [3.05, 3.63) is 63.4 Å². The molecule has 0 aliphatic rings. The van der Waals surface area contributed by atoms with Gasteiger partial charge in [0, 0.05) is 24.7 Å². The molecule has 0 unspecified atom stereocenters. The summed E-state index contributed by atoms with van der Waals surface area (Å²) in [6, 6.07) is 8.74. The predicted octanol–water partition coefficient (Wildman–Crippen LogP) is 1.29. The minimum Gasteiger partial charge on any atom is -0.328 e. The molecule has 0 aliphatic carbocycles. The number of aryl methyl sites for hydroxylation is 1. The van der Waals surface area contributed by atoms with E-state index in [1.165, 1.54) is 10.7 Å². The van der Waals surface area contributed by atoms with Gasteiger partial charge in [0.05, 0.1) is 11.6 Å². The summed E-state index contributed by atoms with van der Waals surface area (Å²) in [5.41, 5.74) is 1.56. The van der Waals surface area contributed by atoms with Crippen LogP contribution in [0.25, 0.3) is 21.9 Å². The maximum Gasteiger partial charge on any atom is 0.274 e. The minimum absolute atomic E-state index is 0.120. The highest BCUT2D eigenvalue weighted by Crippen LogP contribution is 2.21. The highest BCUT2D eigenvalue weighted by atomic mass is 16.1. The van der Waals surface area contributed by atoms with E-state index in [1.54, 1.807) is 31.6 Å². The zero-order valence-corrected chi connectivity index (χ0v) is 10.3. The molecule has 0 saturated heterocycles. The molecule has 94 valence electrons. The fraction of sp³-hybridized carbons (Fsp3) is 0.0714. The summed E-state index contributed by atoms with van der Waals surface area (Å²) in [6.07, 6.45) is 3.31. The molecular formula is C14H11N3O2. The van der Waals surface area contributed by atoms with Crippen molar-refractivity contribution in [2.24, 2.45) is 7.05 Å². The Morgan fingerprint density at radius 1 is 1.11 bits per heavy atom. The van der Waals surface area contributed by atoms with Crippen molar-refractivity contribution >= 4 is 10.8 Å². The summed E-state index contributed by atoms with van der Waals surface area (Å²) in [6.45, 7) is 0. The zero-order chi connectivity index (χ0) is 13.4. The maximum atomic E-state index is 11.9. The Bertz CT molecular complexity index is 857. The van der Waals surface area contributed by atoms with E-state index in [2.05, 4.69) is 10.1 Å². The summed E-state index contributed by atoms with van der Waals surface area (Å²) in [4.78, 5) is 25.5. The van der Waals surface area contributed by atoms with Gasteiger partial charge in [0.1, 0.15) is 0 Å². The first-order valence-corrected chi connectivity index (χ1v) is 5.80. The second-order valence-corrected chi connectivity index (χ2v) is 4.32. The Morgan fingerprint density at radius 3 is 2.63 bits per heavy atom. The van der Waals surface area contributed by atoms with Gasteiger partial charge in [-0.25, -0.2) is 4.68 Å². The van der Waals surface area contributed by atoms with Crippen molar-refractivity contribution in [1.29, 1.82) is 0 Å². The van der Waals surface area contributed by atoms with E-state index >= 15 is 0 Å². The molecule has 0 saturated carbocycles. The monoisotopic (exact) mass is 253 g/mol. The van der Waals surface area contributed by atoms with Crippen molar-refractivity contribution in [2.45, 2.75) is 0 Å². The van der Waals surface area contributed by atoms with Gasteiger partial charge in [-0.3, -0.25) is 9.59 Å². The van der Waals surface area contributed by atoms with Crippen LogP contribution in [0.2, 0.25) is 0 Å². The minimum atomic E-state index is -0.139. The molecule has 19 heavy (non-hydrogen) atoms. The van der Waals surface area contributed by atoms with Crippen LogP contribution in [0.5, 0.6) is 0 Å². The lowest BCUT2D eigenvalue weighted by Gasteiger charge is -2.04. The molecule has 2 aromatic heterocycles. The second-order valence-electron chi connectivity index (χ2n) is 4.32. The number of aromatic nitrogens is 3. The van der Waals surface area contributed by atoms with Crippen LogP contribution in [0.4, 0.5) is 0 Å². The quantitative estimate of drug-likeness (QED) is 0.710. The van der Waals surface area contributed by atoms with Crippen molar-refractivity contribution in [3.63, 3.8) is 0 Å². The molecule has 1 aromatic carbocycles. The molecule has 0 spiro atoms. The molecule has 2 heterocycles. The van der Waals surface area contributed by atoms with Crippen LogP contribution in [-0.4, -0.2) is 14.8 Å². The summed E-state index contributed by atoms with van der Waals surface area (Å²) in [5, 5.41) is 5.42. The lowest BCUT2D eigenvalue weighted by molar-refractivity contribution is 0.718. The van der Waals surface area contributed by atoms with Crippen molar-refractivity contribution in [3.8, 4) is 11.1 Å². The number of hydrogen-bond acceptors (Lipinski definition) is 3. The Morgan fingerprint density at radius 2 is 1.89 bits per heavy atom. The number of rotatable bonds is 1. The highest BCUT2D eigenvalue weighted by molar-refractivity contribution is 5.85. The van der Waals surface area contributed by atoms with Crippen LogP contribution in [-0.2, 0) is 7.05 Å². The number of nitrogens with one attached hydrogen (secondary N) is 1. The number of hydrogen-bond donors (Lipinski definition) is 1. The van der Waals surface area contributed by atoms with Gasteiger partial charge in [0.25, 0.3) is 5.56 Å². The largest absolute Gasteiger partial charge is 0.328 e. The van der Waals surface area contributed by atoms with Gasteiger partial charge in [0.2, 0.25) is 5.56 Å². The van der Waals surface area contributed by atoms with Crippen molar-refractivity contribution in [1.82, 2.24) is 14.8 Å². The molecule has 0 aliphatic heterocycles. The third-order valence-electron chi connectivity index (χ3n) is 3.06. The first kappa shape index (κ1) is 11.4. The number of pyridine rings is 1. The van der Waals surface area contributed by atoms with E-state index in [1.807, 2.05) is 12.1 Å². The van der Waals surface area contributed by atoms with Gasteiger partial charge in [-0.2, -0.15) is 5.10 Å². The van der Waals surface area contributed by atoms with Crippen molar-refractivity contribution in [2.75, 3.05) is 0 Å². The van der Waals surface area contributed by atoms with Crippen LogP contribution in [0, 0.1) is 0 Å². The molecule has 3 aromatic rings. The average Bonchev–Trinajstić information content (AvgIpc) is 2.43. The van der Waals surface area contributed by atoms with Crippen molar-refractivity contribution < 1.29 is 0 Å². The lowest BCUT2D eigenvalue weighted by atomic mass is 10.0. The van der Waals surface area contributed by atoms with Crippen LogP contribution in [0.1, 0.15) is 0 Å². The zero-order valence-electron chi connectivity index (χ0n) is 10.3. The average molecular weight is 253 g/mol. The summed E-state index contributed by atoms with van der Waals surface area (Å²) in [7, 11) is 1.62. The molecule has 5 nitrogen and oxygen atoms in total. The number of aromatic amines is 1. The standard InChI is InChI=1S/C14H11N3O2/c1-17-14(19)12-4-2-9(6-11(12)8-16-17)10-3-5-13(18)15-7-10/h2-8H,1H3,(H,15,18). The predicted molar refractivity (Wildman–Crippen MR) is 73.0 cm³/mol. The Hall–Kier alpha value is -2.69. The normalized spacial score (nSPS) is 10.8. The number of nitrogens with zero attached hydrogens (tertiary/aromatic N) is 2. The van der Waals surface area contributed by atoms with Gasteiger partial charge in [0.15, 0.2) is 0 Å². The number of benzene rings is 1. The van der Waals surface area contributed by atoms with Gasteiger partial charge < -0.3 is 4.98 Å². The molecule has 0 bridgehead atoms. The van der Waals surface area contributed by atoms with E-state index in [9.17, 15) is 9.59 Å². The van der Waals surface area contributed by atoms with E-state index in [4.69, 9.17) is 0 Å². The topological polar surface area (TPSA) is 67.8 Å². The van der Waals surface area contributed by atoms with Crippen LogP contribution < -0.4 is 11.1 Å². The first-order chi connectivity index (χ1) is 9.15. The van der Waals surface area contributed by atoms with Crippen LogP contribution in [0.15, 0.2) is 52.3 Å². The van der Waals surface area contributed by atoms with Gasteiger partial charge >= 0.3 is 0 Å². The maximum absolute atomic E-state index is 11.9. The van der Waals surface area contributed by atoms with Gasteiger partial charge in [-0.05, 0) is 29.3 Å². The molecule has 0 amide bonds. The molecule has 0 radical (unpaired) electrons. The fourth-order valence-electron chi connectivity index (χ4n) is 2.01. The highest BCUT2D eigenvalue weighted by Gasteiger charge is 2.04. The van der Waals surface area contributed by atoms with E-state index in [-0.39, 0.29) is 11.1 Å². The van der Waals surface area contributed by atoms with E-state index in [0.29, 0.717) is 5.39 Å². The number of fused-ring (bicyclic) bond motifs is 1. The third kappa shape index (κ3) is 1.95. The van der Waals surface area contributed by atoms with Crippen LogP contribution in [0.3, 0.4) is 0 Å². The van der Waals surface area contributed by atoms with E-state index in [0.717, 1.165) is 16.5 Å². The summed E-state index contributed by atoms with van der Waals surface area (Å²) in [5.74, 6) is 0. The molecule has 0 fully saturated rings. The molecule has 1 N–H and O–H groups in total. The number of H-pyrrole nitrogens is 1. The summed E-state index contributed by atoms with van der Waals surface area (Å²) < 4.78 is 1.31.